The fraction of sp³-hybridized carbons (Fsp3) is 0.462. The number of ether oxygens (including phenoxy) is 2. The number of carbonyl (C=O) groups is 1. The molecule has 0 atom stereocenters. The van der Waals surface area contributed by atoms with Gasteiger partial charge in [-0.05, 0) is 17.7 Å². The molecule has 1 aliphatic rings. The van der Waals surface area contributed by atoms with Gasteiger partial charge in [-0.2, -0.15) is 0 Å². The number of hydrogen-bond acceptors (Lipinski definition) is 3. The van der Waals surface area contributed by atoms with Gasteiger partial charge in [0.15, 0.2) is 0 Å². The van der Waals surface area contributed by atoms with Gasteiger partial charge >= 0.3 is 0 Å². The third-order valence-electron chi connectivity index (χ3n) is 2.85. The van der Waals surface area contributed by atoms with Crippen molar-refractivity contribution < 1.29 is 14.3 Å². The highest BCUT2D eigenvalue weighted by atomic mass is 16.5. The molecule has 0 aromatic heterocycles. The van der Waals surface area contributed by atoms with Gasteiger partial charge in [-0.1, -0.05) is 12.1 Å². The number of benzene rings is 1. The molecule has 1 fully saturated rings. The highest BCUT2D eigenvalue weighted by Gasteiger charge is 2.16. The number of amides is 1. The predicted octanol–water partition coefficient (Wildman–Crippen LogP) is 1.10. The van der Waals surface area contributed by atoms with Gasteiger partial charge in [0.05, 0.1) is 26.7 Å². The van der Waals surface area contributed by atoms with Gasteiger partial charge in [0.2, 0.25) is 5.91 Å². The van der Waals surface area contributed by atoms with Crippen molar-refractivity contribution in [2.45, 2.75) is 6.42 Å². The molecule has 4 heteroatoms. The number of methoxy groups -OCH3 is 1. The Labute approximate surface area is 101 Å². The summed E-state index contributed by atoms with van der Waals surface area (Å²) in [5.74, 6) is 0.943. The van der Waals surface area contributed by atoms with Crippen LogP contribution in [0.5, 0.6) is 5.75 Å². The van der Waals surface area contributed by atoms with Gasteiger partial charge in [-0.15, -0.1) is 0 Å². The molecule has 1 heterocycles. The summed E-state index contributed by atoms with van der Waals surface area (Å²) in [6, 6.07) is 7.63. The second-order valence-corrected chi connectivity index (χ2v) is 4.02. The summed E-state index contributed by atoms with van der Waals surface area (Å²) >= 11 is 0. The molecular formula is C13H17NO3. The van der Waals surface area contributed by atoms with Crippen LogP contribution in [0.15, 0.2) is 24.3 Å². The molecule has 1 amide bonds. The zero-order chi connectivity index (χ0) is 12.1. The summed E-state index contributed by atoms with van der Waals surface area (Å²) in [6.45, 7) is 2.68. The van der Waals surface area contributed by atoms with Gasteiger partial charge in [0, 0.05) is 13.1 Å². The molecule has 1 aliphatic heterocycles. The minimum Gasteiger partial charge on any atom is -0.497 e. The molecule has 17 heavy (non-hydrogen) atoms. The van der Waals surface area contributed by atoms with Crippen LogP contribution in [0.2, 0.25) is 0 Å². The third kappa shape index (κ3) is 3.20. The Morgan fingerprint density at radius 3 is 2.88 bits per heavy atom. The summed E-state index contributed by atoms with van der Waals surface area (Å²) in [4.78, 5) is 13.8. The standard InChI is InChI=1S/C13H17NO3/c1-16-12-4-2-3-11(9-12)10-13(15)14-5-7-17-8-6-14/h2-4,9H,5-8,10H2,1H3. The molecule has 4 nitrogen and oxygen atoms in total. The Balaban J connectivity index is 1.96. The quantitative estimate of drug-likeness (QED) is 0.787. The van der Waals surface area contributed by atoms with E-state index in [4.69, 9.17) is 9.47 Å². The lowest BCUT2D eigenvalue weighted by molar-refractivity contribution is -0.134. The lowest BCUT2D eigenvalue weighted by atomic mass is 10.1. The summed E-state index contributed by atoms with van der Waals surface area (Å²) in [7, 11) is 1.63. The van der Waals surface area contributed by atoms with Crippen molar-refractivity contribution in [1.29, 1.82) is 0 Å². The average molecular weight is 235 g/mol. The van der Waals surface area contributed by atoms with E-state index >= 15 is 0 Å². The zero-order valence-corrected chi connectivity index (χ0v) is 10.0. The van der Waals surface area contributed by atoms with Crippen LogP contribution >= 0.6 is 0 Å². The van der Waals surface area contributed by atoms with Crippen LogP contribution in [-0.2, 0) is 16.0 Å². The molecule has 1 aromatic carbocycles. The average Bonchev–Trinajstić information content (AvgIpc) is 2.40. The van der Waals surface area contributed by atoms with Crippen molar-refractivity contribution in [3.8, 4) is 5.75 Å². The summed E-state index contributed by atoms with van der Waals surface area (Å²) in [5, 5.41) is 0. The zero-order valence-electron chi connectivity index (χ0n) is 10.0. The SMILES string of the molecule is COc1cccc(CC(=O)N2CCOCC2)c1. The van der Waals surface area contributed by atoms with Crippen molar-refractivity contribution in [2.24, 2.45) is 0 Å². The van der Waals surface area contributed by atoms with E-state index in [1.54, 1.807) is 7.11 Å². The molecule has 0 N–H and O–H groups in total. The van der Waals surface area contributed by atoms with E-state index in [0.717, 1.165) is 11.3 Å². The van der Waals surface area contributed by atoms with E-state index < -0.39 is 0 Å². The van der Waals surface area contributed by atoms with E-state index in [9.17, 15) is 4.79 Å². The van der Waals surface area contributed by atoms with Crippen LogP contribution in [0.4, 0.5) is 0 Å². The monoisotopic (exact) mass is 235 g/mol. The van der Waals surface area contributed by atoms with Crippen molar-refractivity contribution in [1.82, 2.24) is 4.90 Å². The van der Waals surface area contributed by atoms with Gasteiger partial charge in [-0.25, -0.2) is 0 Å². The van der Waals surface area contributed by atoms with Gasteiger partial charge in [0.25, 0.3) is 0 Å². The number of hydrogen-bond donors (Lipinski definition) is 0. The van der Waals surface area contributed by atoms with E-state index in [-0.39, 0.29) is 5.91 Å². The molecule has 1 aromatic rings. The molecule has 92 valence electrons. The minimum absolute atomic E-state index is 0.154. The molecule has 0 saturated carbocycles. The maximum absolute atomic E-state index is 12.0. The lowest BCUT2D eigenvalue weighted by Crippen LogP contribution is -2.41. The molecule has 0 spiro atoms. The van der Waals surface area contributed by atoms with Crippen molar-refractivity contribution in [2.75, 3.05) is 33.4 Å². The number of rotatable bonds is 3. The second-order valence-electron chi connectivity index (χ2n) is 4.02. The maximum atomic E-state index is 12.0. The van der Waals surface area contributed by atoms with Crippen molar-refractivity contribution in [3.63, 3.8) is 0 Å². The maximum Gasteiger partial charge on any atom is 0.227 e. The van der Waals surface area contributed by atoms with Crippen LogP contribution in [0.1, 0.15) is 5.56 Å². The van der Waals surface area contributed by atoms with Crippen LogP contribution < -0.4 is 4.74 Å². The number of nitrogens with zero attached hydrogens (tertiary/aromatic N) is 1. The van der Waals surface area contributed by atoms with Crippen LogP contribution in [0.25, 0.3) is 0 Å². The van der Waals surface area contributed by atoms with Crippen molar-refractivity contribution >= 4 is 5.91 Å². The van der Waals surface area contributed by atoms with E-state index in [2.05, 4.69) is 0 Å². The fourth-order valence-electron chi connectivity index (χ4n) is 1.88. The lowest BCUT2D eigenvalue weighted by Gasteiger charge is -2.26. The van der Waals surface area contributed by atoms with E-state index in [1.165, 1.54) is 0 Å². The first-order valence-electron chi connectivity index (χ1n) is 5.78. The van der Waals surface area contributed by atoms with Crippen molar-refractivity contribution in [3.05, 3.63) is 29.8 Å². The topological polar surface area (TPSA) is 38.8 Å². The second kappa shape index (κ2) is 5.68. The Morgan fingerprint density at radius 2 is 2.18 bits per heavy atom. The smallest absolute Gasteiger partial charge is 0.227 e. The molecule has 0 radical (unpaired) electrons. The summed E-state index contributed by atoms with van der Waals surface area (Å²) in [5.41, 5.74) is 0.987. The molecule has 0 unspecified atom stereocenters. The molecule has 0 aliphatic carbocycles. The summed E-state index contributed by atoms with van der Waals surface area (Å²) in [6.07, 6.45) is 0.428. The van der Waals surface area contributed by atoms with E-state index in [0.29, 0.717) is 32.7 Å². The van der Waals surface area contributed by atoms with Crippen LogP contribution in [0, 0.1) is 0 Å². The Morgan fingerprint density at radius 1 is 1.41 bits per heavy atom. The predicted molar refractivity (Wildman–Crippen MR) is 64.1 cm³/mol. The Hall–Kier alpha value is -1.55. The first-order valence-corrected chi connectivity index (χ1v) is 5.78. The van der Waals surface area contributed by atoms with Crippen LogP contribution in [-0.4, -0.2) is 44.2 Å². The molecular weight excluding hydrogens is 218 g/mol. The van der Waals surface area contributed by atoms with Crippen LogP contribution in [0.3, 0.4) is 0 Å². The Kier molecular flexibility index (Phi) is 3.98. The number of carbonyl (C=O) groups excluding carboxylic acids is 1. The normalized spacial score (nSPS) is 15.7. The Bertz CT molecular complexity index is 386. The molecule has 1 saturated heterocycles. The highest BCUT2D eigenvalue weighted by molar-refractivity contribution is 5.79. The molecule has 2 rings (SSSR count). The first-order chi connectivity index (χ1) is 8.29. The van der Waals surface area contributed by atoms with Gasteiger partial charge < -0.3 is 14.4 Å². The third-order valence-corrected chi connectivity index (χ3v) is 2.85. The largest absolute Gasteiger partial charge is 0.497 e. The minimum atomic E-state index is 0.154. The van der Waals surface area contributed by atoms with Gasteiger partial charge in [-0.3, -0.25) is 4.79 Å². The van der Waals surface area contributed by atoms with Gasteiger partial charge in [0.1, 0.15) is 5.75 Å². The fourth-order valence-corrected chi connectivity index (χ4v) is 1.88. The first kappa shape index (κ1) is 11.9. The van der Waals surface area contributed by atoms with E-state index in [1.807, 2.05) is 29.2 Å². The number of morpholine rings is 1. The molecule has 0 bridgehead atoms. The highest BCUT2D eigenvalue weighted by Crippen LogP contribution is 2.14. The summed E-state index contributed by atoms with van der Waals surface area (Å²) < 4.78 is 10.4.